The molecule has 0 heterocycles. The lowest BCUT2D eigenvalue weighted by atomic mass is 10.1. The number of carbonyl (C=O) groups excluding carboxylic acids is 6. The molecule has 0 saturated carbocycles. The molecule has 3 rings (SSSR count). The number of rotatable bonds is 41. The molecule has 12 nitrogen and oxygen atoms in total. The number of benzene rings is 3. The number of hydrogen-bond donors (Lipinski definition) is 0. The molecule has 0 N–H and O–H groups in total. The van der Waals surface area contributed by atoms with Gasteiger partial charge in [-0.05, 0) is 111 Å². The standard InChI is InChI=1S/C54H74O12/c55-40-45-25-31-48(32-26-45)61-37-19-13-7-1-4-10-16-22-52(58)64-43-51(66-54(60)24-18-12-6-3-9-15-21-39-63-50-35-29-47(42-57)30-36-50)44-65-53(59)23-17-11-5-2-8-14-20-38-62-49-33-27-46(41-56)28-34-49/h25-36,40-42,51H,1-24,37-39,43-44H2. The lowest BCUT2D eigenvalue weighted by Gasteiger charge is -2.18. The quantitative estimate of drug-likeness (QED) is 0.0230. The summed E-state index contributed by atoms with van der Waals surface area (Å²) < 4.78 is 33.9. The molecule has 3 aromatic rings. The summed E-state index contributed by atoms with van der Waals surface area (Å²) in [7, 11) is 0. The van der Waals surface area contributed by atoms with Crippen molar-refractivity contribution in [1.29, 1.82) is 0 Å². The molecule has 0 bridgehead atoms. The lowest BCUT2D eigenvalue weighted by molar-refractivity contribution is -0.167. The van der Waals surface area contributed by atoms with Crippen molar-refractivity contribution in [3.63, 3.8) is 0 Å². The van der Waals surface area contributed by atoms with Crippen LogP contribution in [0.4, 0.5) is 0 Å². The molecule has 3 aromatic carbocycles. The molecule has 0 amide bonds. The molecule has 66 heavy (non-hydrogen) atoms. The number of carbonyl (C=O) groups is 6. The van der Waals surface area contributed by atoms with Gasteiger partial charge < -0.3 is 28.4 Å². The Bertz CT molecular complexity index is 1670. The molecule has 0 fully saturated rings. The fourth-order valence-corrected chi connectivity index (χ4v) is 7.14. The first-order chi connectivity index (χ1) is 32.4. The van der Waals surface area contributed by atoms with Gasteiger partial charge in [0.1, 0.15) is 49.3 Å². The van der Waals surface area contributed by atoms with Gasteiger partial charge in [-0.3, -0.25) is 28.8 Å². The summed E-state index contributed by atoms with van der Waals surface area (Å²) in [5.74, 6) is 1.16. The van der Waals surface area contributed by atoms with E-state index in [0.717, 1.165) is 152 Å². The van der Waals surface area contributed by atoms with Crippen molar-refractivity contribution >= 4 is 36.8 Å². The van der Waals surface area contributed by atoms with Crippen LogP contribution < -0.4 is 14.2 Å². The molecule has 0 aromatic heterocycles. The summed E-state index contributed by atoms with van der Waals surface area (Å²) in [5.41, 5.74) is 1.88. The van der Waals surface area contributed by atoms with Gasteiger partial charge in [0.15, 0.2) is 6.10 Å². The van der Waals surface area contributed by atoms with E-state index in [1.807, 2.05) is 0 Å². The number of unbranched alkanes of at least 4 members (excludes halogenated alkanes) is 18. The van der Waals surface area contributed by atoms with Crippen LogP contribution in [0.5, 0.6) is 17.2 Å². The highest BCUT2D eigenvalue weighted by Crippen LogP contribution is 2.17. The topological polar surface area (TPSA) is 158 Å². The molecule has 0 atom stereocenters. The van der Waals surface area contributed by atoms with Crippen LogP contribution in [0.1, 0.15) is 185 Å². The SMILES string of the molecule is O=Cc1ccc(OCCCCCCCCCC(=O)OCC(COC(=O)CCCCCCCCCOc2ccc(C=O)cc2)OC(=O)CCCCCCCCCOc2ccc(C=O)cc2)cc1. The second-order valence-electron chi connectivity index (χ2n) is 16.8. The van der Waals surface area contributed by atoms with Gasteiger partial charge >= 0.3 is 17.9 Å². The van der Waals surface area contributed by atoms with Crippen LogP contribution in [0.15, 0.2) is 72.8 Å². The molecule has 0 aliphatic carbocycles. The summed E-state index contributed by atoms with van der Waals surface area (Å²) in [4.78, 5) is 70.4. The van der Waals surface area contributed by atoms with E-state index < -0.39 is 12.1 Å². The van der Waals surface area contributed by atoms with E-state index in [2.05, 4.69) is 0 Å². The monoisotopic (exact) mass is 915 g/mol. The Morgan fingerprint density at radius 3 is 0.894 bits per heavy atom. The second-order valence-corrected chi connectivity index (χ2v) is 16.8. The molecule has 0 saturated heterocycles. The van der Waals surface area contributed by atoms with E-state index in [9.17, 15) is 28.8 Å². The summed E-state index contributed by atoms with van der Waals surface area (Å²) in [5, 5.41) is 0. The van der Waals surface area contributed by atoms with Gasteiger partial charge in [0.05, 0.1) is 19.8 Å². The Kier molecular flexibility index (Phi) is 30.5. The third kappa shape index (κ3) is 27.7. The summed E-state index contributed by atoms with van der Waals surface area (Å²) in [6.45, 7) is 1.57. The molecular formula is C54H74O12. The van der Waals surface area contributed by atoms with Gasteiger partial charge in [0.25, 0.3) is 0 Å². The Balaban J connectivity index is 1.25. The zero-order chi connectivity index (χ0) is 47.1. The minimum atomic E-state index is -0.866. The first kappa shape index (κ1) is 54.8. The second kappa shape index (κ2) is 36.7. The Morgan fingerprint density at radius 1 is 0.348 bits per heavy atom. The Hall–Kier alpha value is -5.52. The van der Waals surface area contributed by atoms with Gasteiger partial charge in [0, 0.05) is 36.0 Å². The minimum absolute atomic E-state index is 0.160. The highest BCUT2D eigenvalue weighted by molar-refractivity contribution is 5.76. The Labute approximate surface area is 392 Å². The summed E-state index contributed by atoms with van der Waals surface area (Å²) >= 11 is 0. The van der Waals surface area contributed by atoms with Crippen molar-refractivity contribution in [2.45, 2.75) is 160 Å². The average molecular weight is 915 g/mol. The van der Waals surface area contributed by atoms with Crippen molar-refractivity contribution in [2.24, 2.45) is 0 Å². The Morgan fingerprint density at radius 2 is 0.606 bits per heavy atom. The number of aldehydes is 3. The lowest BCUT2D eigenvalue weighted by Crippen LogP contribution is -2.30. The van der Waals surface area contributed by atoms with E-state index in [0.29, 0.717) is 55.8 Å². The van der Waals surface area contributed by atoms with Gasteiger partial charge in [-0.15, -0.1) is 0 Å². The fraction of sp³-hybridized carbons (Fsp3) is 0.556. The number of ether oxygens (including phenoxy) is 6. The molecule has 0 radical (unpaired) electrons. The first-order valence-electron chi connectivity index (χ1n) is 24.4. The van der Waals surface area contributed by atoms with E-state index in [-0.39, 0.29) is 44.4 Å². The number of esters is 3. The maximum absolute atomic E-state index is 12.8. The van der Waals surface area contributed by atoms with Gasteiger partial charge in [-0.2, -0.15) is 0 Å². The maximum atomic E-state index is 12.8. The first-order valence-corrected chi connectivity index (χ1v) is 24.4. The van der Waals surface area contributed by atoms with Crippen LogP contribution in [-0.4, -0.2) is 75.9 Å². The predicted octanol–water partition coefficient (Wildman–Crippen LogP) is 12.0. The normalized spacial score (nSPS) is 10.9. The minimum Gasteiger partial charge on any atom is -0.494 e. The average Bonchev–Trinajstić information content (AvgIpc) is 3.34. The molecule has 0 aliphatic rings. The molecule has 0 spiro atoms. The third-order valence-electron chi connectivity index (χ3n) is 11.1. The van der Waals surface area contributed by atoms with Gasteiger partial charge in [-0.25, -0.2) is 0 Å². The largest absolute Gasteiger partial charge is 0.494 e. The zero-order valence-corrected chi connectivity index (χ0v) is 39.1. The van der Waals surface area contributed by atoms with Crippen molar-refractivity contribution in [2.75, 3.05) is 33.0 Å². The number of hydrogen-bond acceptors (Lipinski definition) is 12. The highest BCUT2D eigenvalue weighted by atomic mass is 16.6. The molecular weight excluding hydrogens is 841 g/mol. The molecule has 362 valence electrons. The molecule has 0 unspecified atom stereocenters. The molecule has 0 aliphatic heterocycles. The van der Waals surface area contributed by atoms with E-state index in [1.54, 1.807) is 72.8 Å². The fourth-order valence-electron chi connectivity index (χ4n) is 7.14. The van der Waals surface area contributed by atoms with Crippen molar-refractivity contribution < 1.29 is 57.2 Å². The van der Waals surface area contributed by atoms with E-state index >= 15 is 0 Å². The van der Waals surface area contributed by atoms with E-state index in [4.69, 9.17) is 28.4 Å². The van der Waals surface area contributed by atoms with Gasteiger partial charge in [-0.1, -0.05) is 96.3 Å². The van der Waals surface area contributed by atoms with Crippen molar-refractivity contribution in [3.05, 3.63) is 89.5 Å². The summed E-state index contributed by atoms with van der Waals surface area (Å²) in [6, 6.07) is 21.3. The van der Waals surface area contributed by atoms with Crippen LogP contribution in [0.2, 0.25) is 0 Å². The third-order valence-corrected chi connectivity index (χ3v) is 11.1. The predicted molar refractivity (Wildman–Crippen MR) is 255 cm³/mol. The summed E-state index contributed by atoms with van der Waals surface area (Å²) in [6.07, 6.45) is 22.6. The maximum Gasteiger partial charge on any atom is 0.306 e. The van der Waals surface area contributed by atoms with Crippen LogP contribution in [0.3, 0.4) is 0 Å². The van der Waals surface area contributed by atoms with Crippen LogP contribution in [0.25, 0.3) is 0 Å². The van der Waals surface area contributed by atoms with Crippen LogP contribution >= 0.6 is 0 Å². The van der Waals surface area contributed by atoms with Crippen molar-refractivity contribution in [3.8, 4) is 17.2 Å². The van der Waals surface area contributed by atoms with Gasteiger partial charge in [0.2, 0.25) is 0 Å². The smallest absolute Gasteiger partial charge is 0.306 e. The zero-order valence-electron chi connectivity index (χ0n) is 39.1. The highest BCUT2D eigenvalue weighted by Gasteiger charge is 2.19. The molecule has 12 heteroatoms. The van der Waals surface area contributed by atoms with Crippen LogP contribution in [-0.2, 0) is 28.6 Å². The van der Waals surface area contributed by atoms with E-state index in [1.165, 1.54) is 0 Å². The van der Waals surface area contributed by atoms with Crippen molar-refractivity contribution in [1.82, 2.24) is 0 Å². The van der Waals surface area contributed by atoms with Crippen LogP contribution in [0, 0.1) is 0 Å².